The van der Waals surface area contributed by atoms with Gasteiger partial charge in [0.05, 0.1) is 10.9 Å². The molecule has 0 unspecified atom stereocenters. The Morgan fingerprint density at radius 1 is 1.37 bits per heavy atom. The van der Waals surface area contributed by atoms with E-state index in [4.69, 9.17) is 27.8 Å². The fraction of sp³-hybridized carbons (Fsp3) is 0.333. The summed E-state index contributed by atoms with van der Waals surface area (Å²) < 4.78 is 44.1. The third-order valence-electron chi connectivity index (χ3n) is 3.42. The van der Waals surface area contributed by atoms with E-state index in [0.717, 1.165) is 0 Å². The third kappa shape index (κ3) is 5.76. The van der Waals surface area contributed by atoms with Crippen LogP contribution in [0.1, 0.15) is 17.5 Å². The molecule has 1 aromatic rings. The van der Waals surface area contributed by atoms with Crippen molar-refractivity contribution in [2.45, 2.75) is 24.2 Å². The van der Waals surface area contributed by atoms with E-state index in [2.05, 4.69) is 42.2 Å². The van der Waals surface area contributed by atoms with E-state index >= 15 is 0 Å². The SMILES string of the molecule is NC(N)=NCC[C@H](Cl)[C@H]1NC(=O)/C(=C/c2cc(Br)c(C(F)(F)F)c(Br)c2)O1. The molecule has 1 saturated heterocycles. The number of hydrogen-bond donors (Lipinski definition) is 3. The Morgan fingerprint density at radius 2 is 1.96 bits per heavy atom. The standard InChI is InChI=1S/C15H14Br2ClF3N4O2/c16-7-3-6(4-8(17)11(7)15(19,20)21)5-10-12(26)25-13(27-10)9(18)1-2-24-14(22)23/h3-5,9,13H,1-2H2,(H,25,26)(H4,22,23,24)/b10-5-/t9-,13-/m0/s1. The lowest BCUT2D eigenvalue weighted by Crippen LogP contribution is -2.35. The second kappa shape index (κ2) is 8.70. The molecule has 1 fully saturated rings. The van der Waals surface area contributed by atoms with Crippen molar-refractivity contribution in [3.63, 3.8) is 0 Å². The maximum absolute atomic E-state index is 13.0. The Labute approximate surface area is 174 Å². The van der Waals surface area contributed by atoms with Crippen LogP contribution in [-0.4, -0.2) is 30.0 Å². The number of guanidine groups is 1. The molecule has 0 aromatic heterocycles. The Hall–Kier alpha value is -1.46. The first-order chi connectivity index (χ1) is 12.5. The summed E-state index contributed by atoms with van der Waals surface area (Å²) in [4.78, 5) is 15.8. The topological polar surface area (TPSA) is 103 Å². The number of nitrogens with one attached hydrogen (secondary N) is 1. The van der Waals surface area contributed by atoms with Gasteiger partial charge in [0.15, 0.2) is 17.9 Å². The average Bonchev–Trinajstić information content (AvgIpc) is 2.85. The van der Waals surface area contributed by atoms with Gasteiger partial charge in [0, 0.05) is 15.5 Å². The molecule has 0 aliphatic carbocycles. The van der Waals surface area contributed by atoms with Gasteiger partial charge < -0.3 is 21.5 Å². The molecule has 1 aromatic carbocycles. The number of benzene rings is 1. The number of hydrogen-bond acceptors (Lipinski definition) is 3. The van der Waals surface area contributed by atoms with Gasteiger partial charge in [0.25, 0.3) is 5.91 Å². The molecule has 2 rings (SSSR count). The summed E-state index contributed by atoms with van der Waals surface area (Å²) in [5, 5.41) is 1.95. The van der Waals surface area contributed by atoms with E-state index in [0.29, 0.717) is 12.0 Å². The highest BCUT2D eigenvalue weighted by molar-refractivity contribution is 9.11. The Bertz CT molecular complexity index is 775. The van der Waals surface area contributed by atoms with Crippen LogP contribution in [0.4, 0.5) is 13.2 Å². The molecule has 1 aliphatic heterocycles. The summed E-state index contributed by atoms with van der Waals surface area (Å²) in [6.07, 6.45) is -3.67. The van der Waals surface area contributed by atoms with Crippen LogP contribution in [0.3, 0.4) is 0 Å². The molecule has 1 aliphatic rings. The van der Waals surface area contributed by atoms with Gasteiger partial charge >= 0.3 is 6.18 Å². The number of alkyl halides is 4. The predicted octanol–water partition coefficient (Wildman–Crippen LogP) is 3.31. The summed E-state index contributed by atoms with van der Waals surface area (Å²) in [7, 11) is 0. The van der Waals surface area contributed by atoms with Crippen LogP contribution in [0.15, 0.2) is 31.8 Å². The summed E-state index contributed by atoms with van der Waals surface area (Å²) in [6.45, 7) is 0.254. The van der Waals surface area contributed by atoms with E-state index < -0.39 is 29.3 Å². The van der Waals surface area contributed by atoms with Crippen molar-refractivity contribution in [2.24, 2.45) is 16.5 Å². The van der Waals surface area contributed by atoms with Crippen LogP contribution in [0.25, 0.3) is 6.08 Å². The Balaban J connectivity index is 2.16. The predicted molar refractivity (Wildman–Crippen MR) is 103 cm³/mol. The molecule has 0 spiro atoms. The van der Waals surface area contributed by atoms with E-state index in [-0.39, 0.29) is 27.2 Å². The van der Waals surface area contributed by atoms with Crippen molar-refractivity contribution in [1.82, 2.24) is 5.32 Å². The van der Waals surface area contributed by atoms with Gasteiger partial charge in [-0.15, -0.1) is 11.6 Å². The molecule has 2 atom stereocenters. The molecular formula is C15H14Br2ClF3N4O2. The minimum atomic E-state index is -4.53. The Kier molecular flexibility index (Phi) is 7.03. The maximum Gasteiger partial charge on any atom is 0.418 e. The van der Waals surface area contributed by atoms with E-state index in [1.165, 1.54) is 18.2 Å². The second-order valence-corrected chi connectivity index (χ2v) is 7.76. The quantitative estimate of drug-likeness (QED) is 0.234. The normalized spacial score (nSPS) is 19.6. The van der Waals surface area contributed by atoms with Crippen molar-refractivity contribution in [3.05, 3.63) is 38.0 Å². The molecule has 5 N–H and O–H groups in total. The van der Waals surface area contributed by atoms with Gasteiger partial charge in [-0.3, -0.25) is 9.79 Å². The van der Waals surface area contributed by atoms with Crippen LogP contribution in [-0.2, 0) is 15.7 Å². The number of carbonyl (C=O) groups is 1. The minimum Gasteiger partial charge on any atom is -0.463 e. The number of halogens is 6. The molecular weight excluding hydrogens is 520 g/mol. The first kappa shape index (κ1) is 21.8. The number of rotatable bonds is 5. The molecule has 0 saturated carbocycles. The third-order valence-corrected chi connectivity index (χ3v) is 5.12. The smallest absolute Gasteiger partial charge is 0.418 e. The molecule has 27 heavy (non-hydrogen) atoms. The minimum absolute atomic E-state index is 0.0638. The Morgan fingerprint density at radius 3 is 2.48 bits per heavy atom. The summed E-state index contributed by atoms with van der Waals surface area (Å²) in [5.41, 5.74) is 9.93. The van der Waals surface area contributed by atoms with Crippen LogP contribution in [0, 0.1) is 0 Å². The fourth-order valence-electron chi connectivity index (χ4n) is 2.25. The van der Waals surface area contributed by atoms with Gasteiger partial charge in [0.2, 0.25) is 0 Å². The summed E-state index contributed by atoms with van der Waals surface area (Å²) in [5.74, 6) is -0.667. The van der Waals surface area contributed by atoms with Crippen molar-refractivity contribution >= 4 is 61.4 Å². The fourth-order valence-corrected chi connectivity index (χ4v) is 4.13. The molecule has 1 amide bonds. The molecule has 0 bridgehead atoms. The molecule has 1 heterocycles. The van der Waals surface area contributed by atoms with Crippen LogP contribution in [0.5, 0.6) is 0 Å². The van der Waals surface area contributed by atoms with Gasteiger partial charge in [-0.25, -0.2) is 0 Å². The second-order valence-electron chi connectivity index (χ2n) is 5.49. The lowest BCUT2D eigenvalue weighted by molar-refractivity contribution is -0.138. The van der Waals surface area contributed by atoms with Crippen LogP contribution >= 0.6 is 43.5 Å². The van der Waals surface area contributed by atoms with E-state index in [9.17, 15) is 18.0 Å². The van der Waals surface area contributed by atoms with Crippen molar-refractivity contribution in [2.75, 3.05) is 6.54 Å². The van der Waals surface area contributed by atoms with E-state index in [1.54, 1.807) is 0 Å². The number of nitrogens with zero attached hydrogens (tertiary/aromatic N) is 1. The highest BCUT2D eigenvalue weighted by Crippen LogP contribution is 2.40. The summed E-state index contributed by atoms with van der Waals surface area (Å²) >= 11 is 12.0. The largest absolute Gasteiger partial charge is 0.463 e. The lowest BCUT2D eigenvalue weighted by Gasteiger charge is -2.15. The molecule has 6 nitrogen and oxygen atoms in total. The monoisotopic (exact) mass is 532 g/mol. The lowest BCUT2D eigenvalue weighted by atomic mass is 10.1. The van der Waals surface area contributed by atoms with Crippen molar-refractivity contribution in [1.29, 1.82) is 0 Å². The van der Waals surface area contributed by atoms with Gasteiger partial charge in [-0.05, 0) is 30.2 Å². The number of carbonyl (C=O) groups excluding carboxylic acids is 1. The average molecular weight is 535 g/mol. The zero-order valence-electron chi connectivity index (χ0n) is 13.5. The number of aliphatic imine (C=N–C) groups is 1. The van der Waals surface area contributed by atoms with Crippen molar-refractivity contribution < 1.29 is 22.7 Å². The summed E-state index contributed by atoms with van der Waals surface area (Å²) in [6, 6.07) is 2.48. The zero-order valence-corrected chi connectivity index (χ0v) is 17.4. The molecule has 148 valence electrons. The first-order valence-electron chi connectivity index (χ1n) is 7.44. The van der Waals surface area contributed by atoms with Gasteiger partial charge in [-0.2, -0.15) is 13.2 Å². The van der Waals surface area contributed by atoms with Crippen LogP contribution < -0.4 is 16.8 Å². The first-order valence-corrected chi connectivity index (χ1v) is 9.46. The van der Waals surface area contributed by atoms with Crippen LogP contribution in [0.2, 0.25) is 0 Å². The highest BCUT2D eigenvalue weighted by Gasteiger charge is 2.36. The van der Waals surface area contributed by atoms with Crippen molar-refractivity contribution in [3.8, 4) is 0 Å². The number of amides is 1. The van der Waals surface area contributed by atoms with Gasteiger partial charge in [0.1, 0.15) is 0 Å². The van der Waals surface area contributed by atoms with Gasteiger partial charge in [-0.1, -0.05) is 31.9 Å². The number of ether oxygens (including phenoxy) is 1. The van der Waals surface area contributed by atoms with E-state index in [1.807, 2.05) is 0 Å². The molecule has 12 heteroatoms. The highest BCUT2D eigenvalue weighted by atomic mass is 79.9. The molecule has 0 radical (unpaired) electrons. The zero-order chi connectivity index (χ0) is 20.4. The number of nitrogens with two attached hydrogens (primary N) is 2. The maximum atomic E-state index is 13.0.